The molecule has 75 heavy (non-hydrogen) atoms. The average molecular weight is 1040 g/mol. The number of hydrogen-bond donors (Lipinski definition) is 0. The predicted molar refractivity (Wildman–Crippen MR) is 325 cm³/mol. The highest BCUT2D eigenvalue weighted by atomic mass is 16.6. The summed E-state index contributed by atoms with van der Waals surface area (Å²) in [5.41, 5.74) is 0. The molecule has 6 heteroatoms. The number of ether oxygens (including phenoxy) is 3. The van der Waals surface area contributed by atoms with Gasteiger partial charge in [-0.25, -0.2) is 0 Å². The van der Waals surface area contributed by atoms with Crippen molar-refractivity contribution in [2.45, 2.75) is 309 Å². The molecule has 1 atom stereocenters. The molecule has 6 nitrogen and oxygen atoms in total. The van der Waals surface area contributed by atoms with Crippen LogP contribution in [0.3, 0.4) is 0 Å². The van der Waals surface area contributed by atoms with E-state index < -0.39 is 6.10 Å². The average Bonchev–Trinajstić information content (AvgIpc) is 3.41. The first-order chi connectivity index (χ1) is 37.0. The molecule has 0 aromatic heterocycles. The van der Waals surface area contributed by atoms with Gasteiger partial charge in [0.2, 0.25) is 0 Å². The summed E-state index contributed by atoms with van der Waals surface area (Å²) in [7, 11) is 0. The van der Waals surface area contributed by atoms with Crippen LogP contribution in [0.15, 0.2) is 97.2 Å². The number of carbonyl (C=O) groups is 3. The molecule has 0 aromatic carbocycles. The summed E-state index contributed by atoms with van der Waals surface area (Å²) in [4.78, 5) is 37.8. The first-order valence-corrected chi connectivity index (χ1v) is 31.7. The lowest BCUT2D eigenvalue weighted by atomic mass is 10.0. The summed E-state index contributed by atoms with van der Waals surface area (Å²) in [6, 6.07) is 0. The maximum absolute atomic E-state index is 12.8. The van der Waals surface area contributed by atoms with Crippen LogP contribution in [-0.4, -0.2) is 37.2 Å². The third kappa shape index (κ3) is 61.1. The van der Waals surface area contributed by atoms with Gasteiger partial charge in [-0.1, -0.05) is 285 Å². The fraction of sp³-hybridized carbons (Fsp3) is 0.725. The number of carbonyl (C=O) groups excluding carboxylic acids is 3. The number of allylic oxidation sites excluding steroid dienone is 16. The molecule has 0 saturated carbocycles. The Morgan fingerprint density at radius 1 is 0.280 bits per heavy atom. The lowest BCUT2D eigenvalue weighted by molar-refractivity contribution is -0.167. The molecule has 430 valence electrons. The van der Waals surface area contributed by atoms with Gasteiger partial charge in [0.05, 0.1) is 0 Å². The van der Waals surface area contributed by atoms with Crippen LogP contribution in [0.5, 0.6) is 0 Å². The Hall–Kier alpha value is -3.67. The van der Waals surface area contributed by atoms with Crippen LogP contribution >= 0.6 is 0 Å². The molecule has 0 bridgehead atoms. The smallest absolute Gasteiger partial charge is 0.306 e. The van der Waals surface area contributed by atoms with Crippen molar-refractivity contribution in [2.75, 3.05) is 13.2 Å². The fourth-order valence-corrected chi connectivity index (χ4v) is 8.90. The minimum Gasteiger partial charge on any atom is -0.462 e. The SMILES string of the molecule is CC/C=C\C/C=C\C/C=C\C/C=C\CCCCCCCCCCCCCCCCCCCCCCCCC(=O)OCC(COC(=O)CCCCCCC)OC(=O)CCCCCC/C=C\C/C=C\C/C=C\C/C=C\CC. The van der Waals surface area contributed by atoms with E-state index in [2.05, 4.69) is 118 Å². The number of hydrogen-bond acceptors (Lipinski definition) is 6. The second kappa shape index (κ2) is 62.9. The lowest BCUT2D eigenvalue weighted by Crippen LogP contribution is -2.30. The van der Waals surface area contributed by atoms with Gasteiger partial charge in [0.25, 0.3) is 0 Å². The van der Waals surface area contributed by atoms with Crippen molar-refractivity contribution in [3.05, 3.63) is 97.2 Å². The van der Waals surface area contributed by atoms with Gasteiger partial charge in [0, 0.05) is 19.3 Å². The Kier molecular flexibility index (Phi) is 59.8. The van der Waals surface area contributed by atoms with E-state index in [1.54, 1.807) is 0 Å². The first-order valence-electron chi connectivity index (χ1n) is 31.7. The molecule has 0 fully saturated rings. The predicted octanol–water partition coefficient (Wildman–Crippen LogP) is 21.7. The van der Waals surface area contributed by atoms with Crippen molar-refractivity contribution < 1.29 is 28.6 Å². The van der Waals surface area contributed by atoms with Crippen molar-refractivity contribution in [2.24, 2.45) is 0 Å². The van der Waals surface area contributed by atoms with Gasteiger partial charge in [-0.05, 0) is 96.3 Å². The van der Waals surface area contributed by atoms with Crippen molar-refractivity contribution in [3.63, 3.8) is 0 Å². The van der Waals surface area contributed by atoms with E-state index in [4.69, 9.17) is 14.2 Å². The molecule has 0 aliphatic rings. The molecule has 0 aliphatic heterocycles. The van der Waals surface area contributed by atoms with E-state index in [1.807, 2.05) is 0 Å². The summed E-state index contributed by atoms with van der Waals surface area (Å²) in [5, 5.41) is 0. The minimum absolute atomic E-state index is 0.0842. The van der Waals surface area contributed by atoms with E-state index in [1.165, 1.54) is 135 Å². The Labute approximate surface area is 464 Å². The molecule has 0 saturated heterocycles. The van der Waals surface area contributed by atoms with E-state index in [9.17, 15) is 14.4 Å². The summed E-state index contributed by atoms with van der Waals surface area (Å²) < 4.78 is 16.7. The van der Waals surface area contributed by atoms with Gasteiger partial charge in [0.1, 0.15) is 13.2 Å². The Bertz CT molecular complexity index is 1480. The van der Waals surface area contributed by atoms with Crippen molar-refractivity contribution in [1.82, 2.24) is 0 Å². The highest BCUT2D eigenvalue weighted by Gasteiger charge is 2.19. The topological polar surface area (TPSA) is 78.9 Å². The zero-order chi connectivity index (χ0) is 54.3. The van der Waals surface area contributed by atoms with Crippen molar-refractivity contribution in [1.29, 1.82) is 0 Å². The summed E-state index contributed by atoms with van der Waals surface area (Å²) in [5.74, 6) is -0.914. The maximum Gasteiger partial charge on any atom is 0.306 e. The van der Waals surface area contributed by atoms with Crippen LogP contribution in [0.2, 0.25) is 0 Å². The zero-order valence-electron chi connectivity index (χ0n) is 49.3. The molecule has 0 aliphatic carbocycles. The van der Waals surface area contributed by atoms with Crippen LogP contribution in [-0.2, 0) is 28.6 Å². The van der Waals surface area contributed by atoms with E-state index in [0.29, 0.717) is 19.3 Å². The normalized spacial score (nSPS) is 12.7. The van der Waals surface area contributed by atoms with Crippen molar-refractivity contribution in [3.8, 4) is 0 Å². The molecular formula is C69H118O6. The van der Waals surface area contributed by atoms with E-state index >= 15 is 0 Å². The molecule has 1 unspecified atom stereocenters. The van der Waals surface area contributed by atoms with Crippen LogP contribution in [0.1, 0.15) is 303 Å². The van der Waals surface area contributed by atoms with Crippen LogP contribution in [0.4, 0.5) is 0 Å². The quantitative estimate of drug-likeness (QED) is 0.0261. The molecule has 0 aromatic rings. The molecule has 0 N–H and O–H groups in total. The number of rotatable bonds is 57. The Morgan fingerprint density at radius 3 is 0.813 bits per heavy atom. The van der Waals surface area contributed by atoms with E-state index in [0.717, 1.165) is 128 Å². The number of esters is 3. The van der Waals surface area contributed by atoms with Gasteiger partial charge >= 0.3 is 17.9 Å². The maximum atomic E-state index is 12.8. The second-order valence-corrected chi connectivity index (χ2v) is 20.9. The van der Waals surface area contributed by atoms with Gasteiger partial charge in [-0.3, -0.25) is 14.4 Å². The molecule has 0 heterocycles. The van der Waals surface area contributed by atoms with Gasteiger partial charge in [-0.15, -0.1) is 0 Å². The molecular weight excluding hydrogens is 925 g/mol. The highest BCUT2D eigenvalue weighted by Crippen LogP contribution is 2.17. The summed E-state index contributed by atoms with van der Waals surface area (Å²) in [6.07, 6.45) is 84.9. The fourth-order valence-electron chi connectivity index (χ4n) is 8.90. The van der Waals surface area contributed by atoms with Crippen LogP contribution < -0.4 is 0 Å². The standard InChI is InChI=1S/C69H118O6/c1-4-7-10-13-15-17-19-21-23-25-26-27-28-29-30-31-32-33-34-35-36-37-38-39-40-41-42-44-45-47-49-51-53-56-59-62-68(71)74-65-66(64-73-67(70)61-58-55-12-9-6-3)75-69(72)63-60-57-54-52-50-48-46-43-24-22-20-18-16-14-11-8-5-2/h7-8,10-11,15-18,21-24,26-27,46,48,66H,4-6,9,12-14,19-20,25,28-45,47,49-65H2,1-3H3/b10-7-,11-8-,17-15-,18-16-,23-21-,24-22-,27-26-,48-46-. The first kappa shape index (κ1) is 71.3. The molecule has 0 radical (unpaired) electrons. The Balaban J connectivity index is 3.92. The second-order valence-electron chi connectivity index (χ2n) is 20.9. The molecule has 0 rings (SSSR count). The summed E-state index contributed by atoms with van der Waals surface area (Å²) >= 11 is 0. The summed E-state index contributed by atoms with van der Waals surface area (Å²) in [6.45, 7) is 6.33. The minimum atomic E-state index is -0.785. The third-order valence-electron chi connectivity index (χ3n) is 13.6. The number of unbranched alkanes of at least 4 members (excludes halogenated alkanes) is 30. The van der Waals surface area contributed by atoms with Crippen LogP contribution in [0.25, 0.3) is 0 Å². The zero-order valence-corrected chi connectivity index (χ0v) is 49.3. The Morgan fingerprint density at radius 2 is 0.520 bits per heavy atom. The van der Waals surface area contributed by atoms with Crippen LogP contribution in [0, 0.1) is 0 Å². The van der Waals surface area contributed by atoms with E-state index in [-0.39, 0.29) is 31.1 Å². The molecule has 0 amide bonds. The monoisotopic (exact) mass is 1040 g/mol. The van der Waals surface area contributed by atoms with Crippen molar-refractivity contribution >= 4 is 17.9 Å². The molecule has 0 spiro atoms. The largest absolute Gasteiger partial charge is 0.462 e. The third-order valence-corrected chi connectivity index (χ3v) is 13.6. The van der Waals surface area contributed by atoms with Gasteiger partial charge < -0.3 is 14.2 Å². The highest BCUT2D eigenvalue weighted by molar-refractivity contribution is 5.71. The lowest BCUT2D eigenvalue weighted by Gasteiger charge is -2.18. The van der Waals surface area contributed by atoms with Gasteiger partial charge in [-0.2, -0.15) is 0 Å². The van der Waals surface area contributed by atoms with Gasteiger partial charge in [0.15, 0.2) is 6.10 Å².